The molecule has 0 spiro atoms. The molecular formula is C16H9N3O5S. The maximum Gasteiger partial charge on any atom is 0.337 e. The van der Waals surface area contributed by atoms with Crippen LogP contribution in [0.5, 0.6) is 0 Å². The van der Waals surface area contributed by atoms with Gasteiger partial charge in [0.2, 0.25) is 0 Å². The number of amides is 1. The first kappa shape index (κ1) is 16.4. The van der Waals surface area contributed by atoms with Crippen molar-refractivity contribution in [1.29, 1.82) is 5.26 Å². The third kappa shape index (κ3) is 2.86. The predicted octanol–water partition coefficient (Wildman–Crippen LogP) is 1.39. The Hall–Kier alpha value is -3.51. The minimum absolute atomic E-state index is 0.0685. The number of carboxylic acid groups (broad SMARTS) is 1. The highest BCUT2D eigenvalue weighted by Gasteiger charge is 2.32. The second kappa shape index (κ2) is 5.85. The van der Waals surface area contributed by atoms with Crippen molar-refractivity contribution in [3.63, 3.8) is 0 Å². The van der Waals surface area contributed by atoms with Crippen molar-refractivity contribution < 1.29 is 23.1 Å². The topological polar surface area (TPSA) is 137 Å². The first-order valence-corrected chi connectivity index (χ1v) is 8.30. The molecule has 0 unspecified atom stereocenters. The maximum atomic E-state index is 12.4. The number of anilines is 1. The number of rotatable bonds is 3. The number of nitriles is 1. The van der Waals surface area contributed by atoms with Crippen LogP contribution in [-0.4, -0.2) is 31.1 Å². The molecule has 1 heterocycles. The fraction of sp³-hybridized carbons (Fsp3) is 0. The number of fused-ring (bicyclic) bond motifs is 1. The zero-order chi connectivity index (χ0) is 18.2. The molecule has 2 N–H and O–H groups in total. The molecule has 0 saturated heterocycles. The van der Waals surface area contributed by atoms with E-state index in [4.69, 9.17) is 5.26 Å². The molecule has 2 aromatic carbocycles. The number of nitrogens with zero attached hydrogens (tertiary/aromatic N) is 2. The monoisotopic (exact) mass is 355 g/mol. The van der Waals surface area contributed by atoms with E-state index in [9.17, 15) is 23.1 Å². The van der Waals surface area contributed by atoms with Crippen LogP contribution in [0.25, 0.3) is 0 Å². The Morgan fingerprint density at radius 2 is 1.88 bits per heavy atom. The summed E-state index contributed by atoms with van der Waals surface area (Å²) >= 11 is 0. The zero-order valence-corrected chi connectivity index (χ0v) is 13.2. The Kier molecular flexibility index (Phi) is 3.82. The van der Waals surface area contributed by atoms with E-state index in [1.807, 2.05) is 0 Å². The number of benzene rings is 2. The largest absolute Gasteiger partial charge is 0.478 e. The average Bonchev–Trinajstić information content (AvgIpc) is 2.87. The summed E-state index contributed by atoms with van der Waals surface area (Å²) in [5, 5.41) is 20.4. The number of carbonyl (C=O) groups is 2. The van der Waals surface area contributed by atoms with Gasteiger partial charge in [0, 0.05) is 5.56 Å². The molecule has 8 nitrogen and oxygen atoms in total. The summed E-state index contributed by atoms with van der Waals surface area (Å²) in [6.45, 7) is 0. The van der Waals surface area contributed by atoms with Gasteiger partial charge in [0.25, 0.3) is 15.9 Å². The standard InChI is InChI=1S/C16H9N3O5S/c17-8-9-5-6-12(11(7-9)16(21)22)18-15(20)14-10-3-1-2-4-13(10)25(23,24)19-14/h1-7H,(H,18,20)(H,21,22). The summed E-state index contributed by atoms with van der Waals surface area (Å²) in [6.07, 6.45) is 0. The first-order valence-electron chi connectivity index (χ1n) is 6.86. The van der Waals surface area contributed by atoms with E-state index >= 15 is 0 Å². The lowest BCUT2D eigenvalue weighted by Crippen LogP contribution is -2.24. The van der Waals surface area contributed by atoms with Gasteiger partial charge in [-0.3, -0.25) is 4.79 Å². The molecule has 25 heavy (non-hydrogen) atoms. The molecule has 124 valence electrons. The van der Waals surface area contributed by atoms with E-state index in [2.05, 4.69) is 9.71 Å². The summed E-state index contributed by atoms with van der Waals surface area (Å²) in [5.74, 6) is -2.20. The van der Waals surface area contributed by atoms with Crippen LogP contribution in [0.1, 0.15) is 21.5 Å². The van der Waals surface area contributed by atoms with Crippen molar-refractivity contribution >= 4 is 33.3 Å². The molecule has 1 amide bonds. The molecule has 1 aliphatic rings. The Morgan fingerprint density at radius 1 is 1.16 bits per heavy atom. The minimum Gasteiger partial charge on any atom is -0.478 e. The van der Waals surface area contributed by atoms with Gasteiger partial charge in [0.15, 0.2) is 5.71 Å². The highest BCUT2D eigenvalue weighted by Crippen LogP contribution is 2.27. The number of aromatic carboxylic acids is 1. The molecule has 2 aromatic rings. The van der Waals surface area contributed by atoms with Gasteiger partial charge in [-0.15, -0.1) is 0 Å². The van der Waals surface area contributed by atoms with E-state index in [0.29, 0.717) is 0 Å². The second-order valence-corrected chi connectivity index (χ2v) is 6.62. The van der Waals surface area contributed by atoms with Crippen LogP contribution in [0.3, 0.4) is 0 Å². The smallest absolute Gasteiger partial charge is 0.337 e. The van der Waals surface area contributed by atoms with Gasteiger partial charge in [-0.05, 0) is 24.3 Å². The Morgan fingerprint density at radius 3 is 2.56 bits per heavy atom. The average molecular weight is 355 g/mol. The fourth-order valence-corrected chi connectivity index (χ4v) is 3.56. The van der Waals surface area contributed by atoms with Gasteiger partial charge in [-0.25, -0.2) is 4.79 Å². The summed E-state index contributed by atoms with van der Waals surface area (Å²) in [6, 6.07) is 11.4. The summed E-state index contributed by atoms with van der Waals surface area (Å²) < 4.78 is 27.4. The highest BCUT2D eigenvalue weighted by atomic mass is 32.2. The third-order valence-electron chi connectivity index (χ3n) is 3.47. The first-order chi connectivity index (χ1) is 11.8. The van der Waals surface area contributed by atoms with Crippen LogP contribution in [0.4, 0.5) is 5.69 Å². The van der Waals surface area contributed by atoms with Crippen molar-refractivity contribution in [2.75, 3.05) is 5.32 Å². The van der Waals surface area contributed by atoms with Crippen LogP contribution in [0.15, 0.2) is 51.8 Å². The summed E-state index contributed by atoms with van der Waals surface area (Å²) in [7, 11) is -3.96. The van der Waals surface area contributed by atoms with Gasteiger partial charge < -0.3 is 10.4 Å². The fourth-order valence-electron chi connectivity index (χ4n) is 2.35. The van der Waals surface area contributed by atoms with Crippen LogP contribution >= 0.6 is 0 Å². The van der Waals surface area contributed by atoms with Gasteiger partial charge in [0.05, 0.1) is 27.8 Å². The van der Waals surface area contributed by atoms with E-state index in [-0.39, 0.29) is 33.0 Å². The van der Waals surface area contributed by atoms with Crippen LogP contribution in [0.2, 0.25) is 0 Å². The molecule has 0 bridgehead atoms. The van der Waals surface area contributed by atoms with Crippen molar-refractivity contribution in [2.45, 2.75) is 4.90 Å². The number of carboxylic acids is 1. The lowest BCUT2D eigenvalue weighted by atomic mass is 10.1. The lowest BCUT2D eigenvalue weighted by Gasteiger charge is -2.09. The Bertz CT molecular complexity index is 1100. The third-order valence-corrected chi connectivity index (χ3v) is 4.81. The number of hydrogen-bond donors (Lipinski definition) is 2. The molecule has 0 atom stereocenters. The van der Waals surface area contributed by atoms with Crippen molar-refractivity contribution in [1.82, 2.24) is 0 Å². The van der Waals surface area contributed by atoms with E-state index in [1.54, 1.807) is 12.1 Å². The molecule has 0 aliphatic carbocycles. The maximum absolute atomic E-state index is 12.4. The Balaban J connectivity index is 2.00. The van der Waals surface area contributed by atoms with Crippen LogP contribution < -0.4 is 5.32 Å². The number of hydrogen-bond acceptors (Lipinski definition) is 5. The molecule has 3 rings (SSSR count). The molecule has 0 fully saturated rings. The zero-order valence-electron chi connectivity index (χ0n) is 12.4. The van der Waals surface area contributed by atoms with Gasteiger partial charge in [-0.1, -0.05) is 18.2 Å². The minimum atomic E-state index is -3.96. The van der Waals surface area contributed by atoms with E-state index in [1.165, 1.54) is 30.3 Å². The summed E-state index contributed by atoms with van der Waals surface area (Å²) in [5.41, 5.74) is -0.425. The highest BCUT2D eigenvalue weighted by molar-refractivity contribution is 7.90. The SMILES string of the molecule is N#Cc1ccc(NC(=O)C2=NS(=O)(=O)c3ccccc32)c(C(=O)O)c1. The molecule has 9 heteroatoms. The molecule has 1 aliphatic heterocycles. The second-order valence-electron chi connectivity index (χ2n) is 5.04. The van der Waals surface area contributed by atoms with E-state index in [0.717, 1.165) is 6.07 Å². The molecule has 0 radical (unpaired) electrons. The molecule has 0 aromatic heterocycles. The molecule has 0 saturated carbocycles. The lowest BCUT2D eigenvalue weighted by molar-refractivity contribution is -0.110. The van der Waals surface area contributed by atoms with Crippen LogP contribution in [-0.2, 0) is 14.8 Å². The predicted molar refractivity (Wildman–Crippen MR) is 86.9 cm³/mol. The Labute approximate surface area is 142 Å². The van der Waals surface area contributed by atoms with Gasteiger partial charge in [-0.2, -0.15) is 18.1 Å². The van der Waals surface area contributed by atoms with Crippen molar-refractivity contribution in [3.05, 3.63) is 59.2 Å². The van der Waals surface area contributed by atoms with Gasteiger partial charge in [0.1, 0.15) is 0 Å². The van der Waals surface area contributed by atoms with Crippen LogP contribution in [0, 0.1) is 11.3 Å². The van der Waals surface area contributed by atoms with Crippen molar-refractivity contribution in [3.8, 4) is 6.07 Å². The van der Waals surface area contributed by atoms with E-state index < -0.39 is 21.9 Å². The van der Waals surface area contributed by atoms with Crippen molar-refractivity contribution in [2.24, 2.45) is 4.40 Å². The number of sulfonamides is 1. The normalized spacial score (nSPS) is 14.1. The summed E-state index contributed by atoms with van der Waals surface area (Å²) in [4.78, 5) is 23.7. The number of carbonyl (C=O) groups excluding carboxylic acids is 1. The van der Waals surface area contributed by atoms with Gasteiger partial charge >= 0.3 is 5.97 Å². The quantitative estimate of drug-likeness (QED) is 0.853. The number of nitrogens with one attached hydrogen (secondary N) is 1. The molecular weight excluding hydrogens is 346 g/mol.